The van der Waals surface area contributed by atoms with Crippen molar-refractivity contribution in [3.8, 4) is 0 Å². The summed E-state index contributed by atoms with van der Waals surface area (Å²) in [7, 11) is 1.59. The molecule has 3 fully saturated rings. The third-order valence-electron chi connectivity index (χ3n) is 4.17. The van der Waals surface area contributed by atoms with Crippen molar-refractivity contribution in [2.45, 2.75) is 44.3 Å². The molecule has 0 radical (unpaired) electrons. The number of ketones is 1. The van der Waals surface area contributed by atoms with Crippen LogP contribution in [0, 0.1) is 5.92 Å². The lowest BCUT2D eigenvalue weighted by atomic mass is 9.68. The normalized spacial score (nSPS) is 47.4. The molecule has 1 N–H and O–H groups in total. The smallest absolute Gasteiger partial charge is 0.161 e. The number of hydrogen-bond acceptors (Lipinski definition) is 4. The van der Waals surface area contributed by atoms with E-state index in [0.717, 1.165) is 12.8 Å². The molecule has 16 heavy (non-hydrogen) atoms. The molecule has 4 heteroatoms. The van der Waals surface area contributed by atoms with E-state index >= 15 is 0 Å². The average Bonchev–Trinajstić information content (AvgIpc) is 2.24. The Bertz CT molecular complexity index is 282. The molecule has 0 aromatic heterocycles. The zero-order valence-electron chi connectivity index (χ0n) is 10.3. The summed E-state index contributed by atoms with van der Waals surface area (Å²) < 4.78 is 5.17. The summed E-state index contributed by atoms with van der Waals surface area (Å²) in [6.07, 6.45) is 1.85. The second kappa shape index (κ2) is 4.09. The summed E-state index contributed by atoms with van der Waals surface area (Å²) in [5, 5.41) is 9.66. The van der Waals surface area contributed by atoms with Gasteiger partial charge in [0, 0.05) is 25.1 Å². The summed E-state index contributed by atoms with van der Waals surface area (Å²) in [6, 6.07) is 0.711. The first-order valence-electron chi connectivity index (χ1n) is 5.99. The number of aliphatic hydroxyl groups excluding tert-OH is 1. The van der Waals surface area contributed by atoms with Crippen LogP contribution >= 0.6 is 0 Å². The second-order valence-electron chi connectivity index (χ2n) is 5.26. The van der Waals surface area contributed by atoms with E-state index in [4.69, 9.17) is 4.74 Å². The molecule has 3 saturated heterocycles. The quantitative estimate of drug-likeness (QED) is 0.760. The fraction of sp³-hybridized carbons (Fsp3) is 0.917. The van der Waals surface area contributed by atoms with Crippen LogP contribution in [0.25, 0.3) is 0 Å². The third kappa shape index (κ3) is 1.44. The monoisotopic (exact) mass is 227 g/mol. The van der Waals surface area contributed by atoms with Gasteiger partial charge in [0.15, 0.2) is 5.78 Å². The molecule has 3 aliphatic rings. The van der Waals surface area contributed by atoms with Crippen molar-refractivity contribution in [3.05, 3.63) is 0 Å². The molecule has 0 spiro atoms. The first kappa shape index (κ1) is 12.0. The molecule has 3 aliphatic heterocycles. The van der Waals surface area contributed by atoms with Crippen LogP contribution in [0.3, 0.4) is 0 Å². The number of Topliss-reactive ketones (excluding diaryl/α,β-unsaturated/α-hetero) is 1. The van der Waals surface area contributed by atoms with Gasteiger partial charge in [0.05, 0.1) is 13.2 Å². The fourth-order valence-electron chi connectivity index (χ4n) is 3.74. The van der Waals surface area contributed by atoms with Gasteiger partial charge in [-0.05, 0) is 26.7 Å². The molecule has 0 saturated carbocycles. The van der Waals surface area contributed by atoms with Gasteiger partial charge in [-0.3, -0.25) is 9.69 Å². The first-order valence-corrected chi connectivity index (χ1v) is 5.99. The predicted octanol–water partition coefficient (Wildman–Crippen LogP) is 0.436. The Morgan fingerprint density at radius 1 is 1.44 bits per heavy atom. The van der Waals surface area contributed by atoms with Crippen molar-refractivity contribution in [3.63, 3.8) is 0 Å². The number of fused-ring (bicyclic) bond motifs is 3. The maximum Gasteiger partial charge on any atom is 0.161 e. The molecule has 92 valence electrons. The molecule has 3 rings (SSSR count). The van der Waals surface area contributed by atoms with E-state index in [2.05, 4.69) is 18.7 Å². The summed E-state index contributed by atoms with van der Waals surface area (Å²) >= 11 is 0. The molecular weight excluding hydrogens is 206 g/mol. The van der Waals surface area contributed by atoms with Crippen LogP contribution < -0.4 is 0 Å². The molecular formula is C12H21NO3. The fourth-order valence-corrected chi connectivity index (χ4v) is 3.74. The minimum atomic E-state index is -0.783. The number of carbonyl (C=O) groups excluding carboxylic acids is 1. The number of nitrogens with zero attached hydrogens (tertiary/aromatic N) is 1. The van der Waals surface area contributed by atoms with Gasteiger partial charge in [0.25, 0.3) is 0 Å². The minimum Gasteiger partial charge on any atom is -0.394 e. The van der Waals surface area contributed by atoms with Gasteiger partial charge in [0.2, 0.25) is 0 Å². The van der Waals surface area contributed by atoms with Gasteiger partial charge >= 0.3 is 0 Å². The molecule has 0 aromatic rings. The molecule has 4 nitrogen and oxygen atoms in total. The van der Waals surface area contributed by atoms with E-state index in [0.29, 0.717) is 18.7 Å². The van der Waals surface area contributed by atoms with Gasteiger partial charge in [0.1, 0.15) is 5.54 Å². The summed E-state index contributed by atoms with van der Waals surface area (Å²) in [6.45, 7) is 4.43. The van der Waals surface area contributed by atoms with Crippen molar-refractivity contribution >= 4 is 5.78 Å². The maximum atomic E-state index is 12.3. The third-order valence-corrected chi connectivity index (χ3v) is 4.17. The highest BCUT2D eigenvalue weighted by atomic mass is 16.5. The number of methoxy groups -OCH3 is 1. The largest absolute Gasteiger partial charge is 0.394 e. The zero-order chi connectivity index (χ0) is 11.9. The predicted molar refractivity (Wildman–Crippen MR) is 60.2 cm³/mol. The van der Waals surface area contributed by atoms with E-state index in [1.165, 1.54) is 0 Å². The lowest BCUT2D eigenvalue weighted by molar-refractivity contribution is -0.173. The Labute approximate surface area is 96.6 Å². The van der Waals surface area contributed by atoms with Crippen LogP contribution in [0.15, 0.2) is 0 Å². The highest BCUT2D eigenvalue weighted by molar-refractivity contribution is 5.92. The van der Waals surface area contributed by atoms with Crippen LogP contribution in [0.5, 0.6) is 0 Å². The van der Waals surface area contributed by atoms with E-state index in [9.17, 15) is 9.90 Å². The molecule has 0 amide bonds. The number of aliphatic hydroxyl groups is 1. The Hall–Kier alpha value is -0.450. The molecule has 0 aromatic carbocycles. The average molecular weight is 227 g/mol. The van der Waals surface area contributed by atoms with Crippen LogP contribution in [-0.2, 0) is 9.53 Å². The van der Waals surface area contributed by atoms with Gasteiger partial charge in [-0.15, -0.1) is 0 Å². The lowest BCUT2D eigenvalue weighted by Gasteiger charge is -2.58. The van der Waals surface area contributed by atoms with Crippen molar-refractivity contribution in [2.75, 3.05) is 20.3 Å². The maximum absolute atomic E-state index is 12.3. The van der Waals surface area contributed by atoms with Crippen molar-refractivity contribution in [2.24, 2.45) is 5.92 Å². The van der Waals surface area contributed by atoms with Gasteiger partial charge in [-0.1, -0.05) is 0 Å². The molecule has 3 atom stereocenters. The van der Waals surface area contributed by atoms with E-state index < -0.39 is 5.54 Å². The summed E-state index contributed by atoms with van der Waals surface area (Å²) in [4.78, 5) is 14.5. The Morgan fingerprint density at radius 3 is 2.44 bits per heavy atom. The van der Waals surface area contributed by atoms with Crippen molar-refractivity contribution < 1.29 is 14.6 Å². The van der Waals surface area contributed by atoms with Crippen molar-refractivity contribution in [1.29, 1.82) is 0 Å². The van der Waals surface area contributed by atoms with Crippen LogP contribution in [0.1, 0.15) is 26.7 Å². The Morgan fingerprint density at radius 2 is 2.00 bits per heavy atom. The van der Waals surface area contributed by atoms with Gasteiger partial charge in [-0.25, -0.2) is 0 Å². The van der Waals surface area contributed by atoms with Crippen molar-refractivity contribution in [1.82, 2.24) is 4.90 Å². The van der Waals surface area contributed by atoms with Crippen LogP contribution in [0.4, 0.5) is 0 Å². The molecule has 0 aliphatic carbocycles. The number of carbonyl (C=O) groups is 1. The number of ether oxygens (including phenoxy) is 1. The Kier molecular flexibility index (Phi) is 3.07. The summed E-state index contributed by atoms with van der Waals surface area (Å²) in [5.41, 5.74) is -0.783. The van der Waals surface area contributed by atoms with Crippen LogP contribution in [0.2, 0.25) is 0 Å². The topological polar surface area (TPSA) is 49.8 Å². The molecule has 3 unspecified atom stereocenters. The Balaban J connectivity index is 2.38. The molecule has 3 heterocycles. The van der Waals surface area contributed by atoms with E-state index in [-0.39, 0.29) is 18.3 Å². The highest BCUT2D eigenvalue weighted by Crippen LogP contribution is 2.43. The number of piperidine rings is 3. The molecule has 2 bridgehead atoms. The van der Waals surface area contributed by atoms with Crippen LogP contribution in [-0.4, -0.2) is 53.7 Å². The van der Waals surface area contributed by atoms with Gasteiger partial charge < -0.3 is 9.84 Å². The van der Waals surface area contributed by atoms with E-state index in [1.54, 1.807) is 7.11 Å². The zero-order valence-corrected chi connectivity index (χ0v) is 10.3. The van der Waals surface area contributed by atoms with Gasteiger partial charge in [-0.2, -0.15) is 0 Å². The highest BCUT2D eigenvalue weighted by Gasteiger charge is 2.57. The second-order valence-corrected chi connectivity index (χ2v) is 5.26. The summed E-state index contributed by atoms with van der Waals surface area (Å²) in [5.74, 6) is 0.283. The van der Waals surface area contributed by atoms with E-state index in [1.807, 2.05) is 0 Å². The standard InChI is InChI=1S/C12H21NO3/c1-8-4-10-5-9(2)13(8)12(6-14,7-16-3)11(10)15/h8-10,14H,4-7H2,1-3H3. The first-order chi connectivity index (χ1) is 7.56. The number of rotatable bonds is 3. The lowest BCUT2D eigenvalue weighted by Crippen LogP contribution is -2.73. The minimum absolute atomic E-state index is 0.109. The SMILES string of the molecule is COCC1(CO)C(=O)C2CC(C)N1C(C)C2. The number of hydrogen-bond donors (Lipinski definition) is 1.